The van der Waals surface area contributed by atoms with Crippen LogP contribution < -0.4 is 30.1 Å². The first-order valence-electron chi connectivity index (χ1n) is 13.8. The summed E-state index contributed by atoms with van der Waals surface area (Å²) in [4.78, 5) is 30.2. The van der Waals surface area contributed by atoms with Gasteiger partial charge < -0.3 is 25.8 Å². The van der Waals surface area contributed by atoms with Crippen molar-refractivity contribution in [3.05, 3.63) is 78.4 Å². The number of anilines is 4. The Morgan fingerprint density at radius 2 is 1.54 bits per heavy atom. The zero-order valence-corrected chi connectivity index (χ0v) is 24.2. The number of rotatable bonds is 8. The van der Waals surface area contributed by atoms with Crippen LogP contribution in [0, 0.1) is 0 Å². The predicted molar refractivity (Wildman–Crippen MR) is 162 cm³/mol. The summed E-state index contributed by atoms with van der Waals surface area (Å²) in [6.45, 7) is 2.67. The van der Waals surface area contributed by atoms with Crippen molar-refractivity contribution in [2.24, 2.45) is 0 Å². The number of carbonyl (C=O) groups is 2. The summed E-state index contributed by atoms with van der Waals surface area (Å²) in [5.41, 5.74) is 2.05. The minimum absolute atomic E-state index is 0.0152. The van der Waals surface area contributed by atoms with Crippen LogP contribution >= 0.6 is 0 Å². The van der Waals surface area contributed by atoms with E-state index in [0.717, 1.165) is 25.9 Å². The molecule has 0 aliphatic carbocycles. The molecule has 2 saturated heterocycles. The molecule has 0 atom stereocenters. The quantitative estimate of drug-likeness (QED) is 0.378. The van der Waals surface area contributed by atoms with Crippen LogP contribution in [0.25, 0.3) is 0 Å². The van der Waals surface area contributed by atoms with Gasteiger partial charge in [0.2, 0.25) is 5.91 Å². The van der Waals surface area contributed by atoms with Crippen LogP contribution in [-0.2, 0) is 14.8 Å². The van der Waals surface area contributed by atoms with Crippen molar-refractivity contribution in [1.82, 2.24) is 10.6 Å². The molecule has 2 aliphatic rings. The van der Waals surface area contributed by atoms with Crippen molar-refractivity contribution < 1.29 is 18.0 Å². The highest BCUT2D eigenvalue weighted by Crippen LogP contribution is 2.36. The van der Waals surface area contributed by atoms with E-state index in [-0.39, 0.29) is 29.0 Å². The highest BCUT2D eigenvalue weighted by atomic mass is 32.2. The van der Waals surface area contributed by atoms with Crippen molar-refractivity contribution in [3.63, 3.8) is 0 Å². The number of benzene rings is 3. The molecule has 0 aromatic heterocycles. The van der Waals surface area contributed by atoms with E-state index in [1.54, 1.807) is 54.4 Å². The molecule has 2 aliphatic heterocycles. The molecule has 11 heteroatoms. The molecular weight excluding hydrogens is 540 g/mol. The van der Waals surface area contributed by atoms with Gasteiger partial charge in [0.15, 0.2) is 0 Å². The Morgan fingerprint density at radius 3 is 2.17 bits per heavy atom. The number of carbonyl (C=O) groups excluding carboxylic acids is 2. The third kappa shape index (κ3) is 6.07. The maximum Gasteiger partial charge on any atom is 0.266 e. The van der Waals surface area contributed by atoms with E-state index in [9.17, 15) is 18.0 Å². The number of nitrogens with one attached hydrogen (secondary N) is 3. The van der Waals surface area contributed by atoms with E-state index >= 15 is 0 Å². The monoisotopic (exact) mass is 576 g/mol. The van der Waals surface area contributed by atoms with Crippen molar-refractivity contribution in [2.45, 2.75) is 23.8 Å². The summed E-state index contributed by atoms with van der Waals surface area (Å²) < 4.78 is 29.7. The Labute approximate surface area is 241 Å². The topological polar surface area (TPSA) is 114 Å². The lowest BCUT2D eigenvalue weighted by molar-refractivity contribution is -0.118. The van der Waals surface area contributed by atoms with Crippen molar-refractivity contribution in [1.29, 1.82) is 0 Å². The number of hydrogen-bond acceptors (Lipinski definition) is 7. The lowest BCUT2D eigenvalue weighted by Gasteiger charge is -2.32. The highest BCUT2D eigenvalue weighted by molar-refractivity contribution is 7.93. The molecule has 0 spiro atoms. The predicted octanol–water partition coefficient (Wildman–Crippen LogP) is 2.89. The van der Waals surface area contributed by atoms with Gasteiger partial charge in [0.05, 0.1) is 29.2 Å². The number of para-hydroxylation sites is 2. The standard InChI is InChI=1S/C30H36N6O4S/c1-34(23-9-5-3-6-10-23)30(38)25-19-28(41(39,40)35(2)24-11-7-4-8-12-24)26(33-22-13-15-31-16-14-22)20-27(25)36-18-17-32-21-29(36)37/h3-12,19-20,22,31-33H,13-18,21H2,1-2H3. The summed E-state index contributed by atoms with van der Waals surface area (Å²) in [6.07, 6.45) is 1.63. The SMILES string of the molecule is CN(C(=O)c1cc(S(=O)(=O)N(C)c2ccccc2)c(NC2CCNCC2)cc1N1CCNCC1=O)c1ccccc1. The molecule has 3 aromatic carbocycles. The second-order valence-electron chi connectivity index (χ2n) is 10.3. The maximum atomic E-state index is 14.2. The lowest BCUT2D eigenvalue weighted by Crippen LogP contribution is -2.49. The largest absolute Gasteiger partial charge is 0.381 e. The molecule has 10 nitrogen and oxygen atoms in total. The molecule has 0 radical (unpaired) electrons. The molecule has 0 unspecified atom stereocenters. The van der Waals surface area contributed by atoms with E-state index < -0.39 is 15.9 Å². The van der Waals surface area contributed by atoms with Gasteiger partial charge in [-0.15, -0.1) is 0 Å². The normalized spacial score (nSPS) is 16.3. The van der Waals surface area contributed by atoms with Crippen molar-refractivity contribution in [2.75, 3.05) is 66.2 Å². The summed E-state index contributed by atoms with van der Waals surface area (Å²) >= 11 is 0. The molecule has 2 heterocycles. The Kier molecular flexibility index (Phi) is 8.57. The Bertz CT molecular complexity index is 1490. The van der Waals surface area contributed by atoms with E-state index in [2.05, 4.69) is 16.0 Å². The molecule has 3 aromatic rings. The number of piperidine rings is 1. The molecule has 216 valence electrons. The zero-order valence-electron chi connectivity index (χ0n) is 23.3. The fourth-order valence-electron chi connectivity index (χ4n) is 5.21. The third-order valence-electron chi connectivity index (χ3n) is 7.61. The van der Waals surface area contributed by atoms with Crippen LogP contribution in [0.5, 0.6) is 0 Å². The average Bonchev–Trinajstić information content (AvgIpc) is 3.01. The highest BCUT2D eigenvalue weighted by Gasteiger charge is 2.33. The number of nitrogens with zero attached hydrogens (tertiary/aromatic N) is 3. The van der Waals surface area contributed by atoms with Gasteiger partial charge in [0.25, 0.3) is 15.9 Å². The van der Waals surface area contributed by atoms with E-state index in [1.165, 1.54) is 22.3 Å². The van der Waals surface area contributed by atoms with Gasteiger partial charge >= 0.3 is 0 Å². The summed E-state index contributed by atoms with van der Waals surface area (Å²) in [5.74, 6) is -0.595. The van der Waals surface area contributed by atoms with Crippen LogP contribution in [0.15, 0.2) is 77.7 Å². The Hall–Kier alpha value is -3.93. The molecule has 41 heavy (non-hydrogen) atoms. The van der Waals surface area contributed by atoms with E-state index in [4.69, 9.17) is 0 Å². The summed E-state index contributed by atoms with van der Waals surface area (Å²) in [7, 11) is -0.963. The van der Waals surface area contributed by atoms with E-state index in [0.29, 0.717) is 35.8 Å². The minimum Gasteiger partial charge on any atom is -0.381 e. The third-order valence-corrected chi connectivity index (χ3v) is 9.44. The van der Waals surface area contributed by atoms with Crippen LogP contribution in [-0.4, -0.2) is 73.1 Å². The summed E-state index contributed by atoms with van der Waals surface area (Å²) in [5, 5.41) is 9.86. The van der Waals surface area contributed by atoms with Crippen LogP contribution in [0.4, 0.5) is 22.7 Å². The molecule has 2 amide bonds. The van der Waals surface area contributed by atoms with Crippen LogP contribution in [0.1, 0.15) is 23.2 Å². The van der Waals surface area contributed by atoms with E-state index in [1.807, 2.05) is 24.3 Å². The Balaban J connectivity index is 1.68. The van der Waals surface area contributed by atoms with Crippen LogP contribution in [0.2, 0.25) is 0 Å². The molecule has 0 bridgehead atoms. The molecule has 5 rings (SSSR count). The molecule has 2 fully saturated rings. The van der Waals surface area contributed by atoms with Crippen molar-refractivity contribution >= 4 is 44.6 Å². The number of piperazine rings is 1. The minimum atomic E-state index is -4.11. The number of sulfonamides is 1. The van der Waals surface area contributed by atoms with Gasteiger partial charge in [-0.3, -0.25) is 13.9 Å². The smallest absolute Gasteiger partial charge is 0.266 e. The van der Waals surface area contributed by atoms with Gasteiger partial charge in [-0.25, -0.2) is 8.42 Å². The second-order valence-corrected chi connectivity index (χ2v) is 12.2. The van der Waals surface area contributed by atoms with Gasteiger partial charge in [0.1, 0.15) is 4.90 Å². The van der Waals surface area contributed by atoms with Crippen molar-refractivity contribution in [3.8, 4) is 0 Å². The number of hydrogen-bond donors (Lipinski definition) is 3. The number of amides is 2. The zero-order chi connectivity index (χ0) is 29.0. The molecule has 3 N–H and O–H groups in total. The fourth-order valence-corrected chi connectivity index (χ4v) is 6.57. The first-order chi connectivity index (χ1) is 19.8. The van der Waals surface area contributed by atoms with Gasteiger partial charge in [-0.1, -0.05) is 36.4 Å². The van der Waals surface area contributed by atoms with Crippen LogP contribution in [0.3, 0.4) is 0 Å². The average molecular weight is 577 g/mol. The summed E-state index contributed by atoms with van der Waals surface area (Å²) in [6, 6.07) is 21.1. The second kappa shape index (κ2) is 12.3. The Morgan fingerprint density at radius 1 is 0.902 bits per heavy atom. The lowest BCUT2D eigenvalue weighted by atomic mass is 10.0. The molecule has 0 saturated carbocycles. The van der Waals surface area contributed by atoms with Gasteiger partial charge in [-0.05, 0) is 62.3 Å². The molecular formula is C30H36N6O4S. The van der Waals surface area contributed by atoms with Gasteiger partial charge in [-0.2, -0.15) is 0 Å². The van der Waals surface area contributed by atoms with Gasteiger partial charge in [0, 0.05) is 38.9 Å². The maximum absolute atomic E-state index is 14.2. The first-order valence-corrected chi connectivity index (χ1v) is 15.2. The fraction of sp³-hybridized carbons (Fsp3) is 0.333. The first kappa shape index (κ1) is 28.6.